The Bertz CT molecular complexity index is 606. The summed E-state index contributed by atoms with van der Waals surface area (Å²) in [4.78, 5) is 49.1. The topological polar surface area (TPSA) is 197 Å². The molecule has 0 saturated heterocycles. The molecule has 0 aromatic carbocycles. The Balaban J connectivity index is 5.49. The van der Waals surface area contributed by atoms with Crippen molar-refractivity contribution >= 4 is 36.3 Å². The van der Waals surface area contributed by atoms with Gasteiger partial charge in [-0.3, -0.25) is 14.4 Å². The Morgan fingerprint density at radius 3 is 2.00 bits per heavy atom. The van der Waals surface area contributed by atoms with Gasteiger partial charge in [-0.1, -0.05) is 20.3 Å². The molecule has 180 valence electrons. The van der Waals surface area contributed by atoms with Gasteiger partial charge < -0.3 is 37.6 Å². The molecule has 6 atom stereocenters. The molecule has 0 aliphatic rings. The van der Waals surface area contributed by atoms with Gasteiger partial charge in [0.2, 0.25) is 17.7 Å². The van der Waals surface area contributed by atoms with Crippen LogP contribution in [0.4, 0.5) is 0 Å². The molecule has 0 bridgehead atoms. The monoisotopic (exact) mass is 463 g/mol. The van der Waals surface area contributed by atoms with Gasteiger partial charge in [0.05, 0.1) is 12.1 Å². The van der Waals surface area contributed by atoms with Crippen LogP contribution in [0.25, 0.3) is 0 Å². The Morgan fingerprint density at radius 1 is 0.968 bits per heavy atom. The summed E-state index contributed by atoms with van der Waals surface area (Å²) >= 11 is 3.98. The van der Waals surface area contributed by atoms with E-state index in [1.807, 2.05) is 6.92 Å². The first kappa shape index (κ1) is 29.1. The van der Waals surface area contributed by atoms with Crippen molar-refractivity contribution in [3.05, 3.63) is 0 Å². The van der Waals surface area contributed by atoms with Crippen LogP contribution in [-0.2, 0) is 19.2 Å². The first-order chi connectivity index (χ1) is 14.5. The number of unbranched alkanes of at least 4 members (excludes halogenated alkanes) is 1. The van der Waals surface area contributed by atoms with Crippen molar-refractivity contribution in [2.24, 2.45) is 17.4 Å². The van der Waals surface area contributed by atoms with Crippen LogP contribution in [0.15, 0.2) is 0 Å². The molecular weight excluding hydrogens is 426 g/mol. The van der Waals surface area contributed by atoms with Gasteiger partial charge in [0.1, 0.15) is 12.1 Å². The second-order valence-electron chi connectivity index (χ2n) is 7.57. The summed E-state index contributed by atoms with van der Waals surface area (Å²) in [6.07, 6.45) is 0.672. The highest BCUT2D eigenvalue weighted by atomic mass is 32.1. The molecule has 0 heterocycles. The molecule has 0 aromatic heterocycles. The van der Waals surface area contributed by atoms with Gasteiger partial charge in [-0.25, -0.2) is 4.79 Å². The molecule has 0 radical (unpaired) electrons. The fourth-order valence-corrected chi connectivity index (χ4v) is 2.88. The number of amides is 3. The van der Waals surface area contributed by atoms with Crippen molar-refractivity contribution in [2.75, 3.05) is 12.3 Å². The van der Waals surface area contributed by atoms with Crippen molar-refractivity contribution in [3.8, 4) is 0 Å². The summed E-state index contributed by atoms with van der Waals surface area (Å²) in [6.45, 7) is 5.20. The highest BCUT2D eigenvalue weighted by Gasteiger charge is 2.33. The number of thiol groups is 1. The van der Waals surface area contributed by atoms with Gasteiger partial charge in [-0.15, -0.1) is 0 Å². The van der Waals surface area contributed by atoms with Crippen LogP contribution in [0.5, 0.6) is 0 Å². The van der Waals surface area contributed by atoms with E-state index in [0.717, 1.165) is 0 Å². The zero-order valence-electron chi connectivity index (χ0n) is 18.3. The molecule has 0 spiro atoms. The Hall–Kier alpha value is -1.89. The minimum Gasteiger partial charge on any atom is -0.480 e. The Labute approximate surface area is 188 Å². The Kier molecular flexibility index (Phi) is 14.1. The van der Waals surface area contributed by atoms with Crippen LogP contribution >= 0.6 is 12.6 Å². The smallest absolute Gasteiger partial charge is 0.328 e. The van der Waals surface area contributed by atoms with E-state index < -0.39 is 54.0 Å². The van der Waals surface area contributed by atoms with E-state index in [2.05, 4.69) is 28.6 Å². The van der Waals surface area contributed by atoms with Gasteiger partial charge in [-0.2, -0.15) is 12.6 Å². The molecule has 3 amide bonds. The molecule has 0 rings (SSSR count). The highest BCUT2D eigenvalue weighted by Crippen LogP contribution is 2.11. The van der Waals surface area contributed by atoms with E-state index in [1.165, 1.54) is 6.92 Å². The fraction of sp³-hybridized carbons (Fsp3) is 0.789. The van der Waals surface area contributed by atoms with Crippen LogP contribution in [0.2, 0.25) is 0 Å². The minimum atomic E-state index is -1.52. The SMILES string of the molecule is CCC(C)C(NC(=O)C(CCCCN)NC(=O)C(N)CS)C(=O)NC(C(=O)O)C(C)O. The maximum absolute atomic E-state index is 12.9. The summed E-state index contributed by atoms with van der Waals surface area (Å²) in [5, 5.41) is 26.3. The third-order valence-electron chi connectivity index (χ3n) is 4.95. The number of rotatable bonds is 15. The molecule has 0 fully saturated rings. The quantitative estimate of drug-likeness (QED) is 0.104. The average molecular weight is 464 g/mol. The number of carbonyl (C=O) groups is 4. The van der Waals surface area contributed by atoms with Crippen LogP contribution in [0.1, 0.15) is 46.5 Å². The number of nitrogens with two attached hydrogens (primary N) is 2. The molecule has 6 unspecified atom stereocenters. The summed E-state index contributed by atoms with van der Waals surface area (Å²) in [5.41, 5.74) is 11.2. The maximum Gasteiger partial charge on any atom is 0.328 e. The number of hydrogen-bond acceptors (Lipinski definition) is 8. The first-order valence-electron chi connectivity index (χ1n) is 10.4. The zero-order chi connectivity index (χ0) is 24.1. The van der Waals surface area contributed by atoms with Crippen molar-refractivity contribution in [1.82, 2.24) is 16.0 Å². The van der Waals surface area contributed by atoms with E-state index in [1.54, 1.807) is 6.92 Å². The second-order valence-corrected chi connectivity index (χ2v) is 7.94. The first-order valence-corrected chi connectivity index (χ1v) is 11.0. The molecule has 11 nitrogen and oxygen atoms in total. The standard InChI is InChI=1S/C19H37N5O6S/c1-4-10(2)14(18(28)24-15(11(3)25)19(29)30)23-17(27)13(7-5-6-8-20)22-16(26)12(21)9-31/h10-15,25,31H,4-9,20-21H2,1-3H3,(H,22,26)(H,23,27)(H,24,28)(H,29,30). The molecule has 0 aliphatic carbocycles. The van der Waals surface area contributed by atoms with Crippen molar-refractivity contribution < 1.29 is 29.4 Å². The number of hydrogen-bond donors (Lipinski definition) is 8. The number of aliphatic hydroxyl groups excluding tert-OH is 1. The van der Waals surface area contributed by atoms with E-state index >= 15 is 0 Å². The molecule has 9 N–H and O–H groups in total. The predicted octanol–water partition coefficient (Wildman–Crippen LogP) is -1.66. The molecule has 0 aliphatic heterocycles. The van der Waals surface area contributed by atoms with E-state index in [-0.39, 0.29) is 18.1 Å². The largest absolute Gasteiger partial charge is 0.480 e. The van der Waals surface area contributed by atoms with Crippen LogP contribution in [0, 0.1) is 5.92 Å². The number of aliphatic carboxylic acids is 1. The van der Waals surface area contributed by atoms with Gasteiger partial charge in [0, 0.05) is 5.75 Å². The van der Waals surface area contributed by atoms with Crippen LogP contribution in [-0.4, -0.2) is 76.5 Å². The maximum atomic E-state index is 12.9. The molecule has 0 aromatic rings. The van der Waals surface area contributed by atoms with E-state index in [9.17, 15) is 29.4 Å². The zero-order valence-corrected chi connectivity index (χ0v) is 19.2. The lowest BCUT2D eigenvalue weighted by Crippen LogP contribution is -2.59. The number of carboxylic acid groups (broad SMARTS) is 1. The van der Waals surface area contributed by atoms with Gasteiger partial charge >= 0.3 is 5.97 Å². The fourth-order valence-electron chi connectivity index (χ4n) is 2.71. The van der Waals surface area contributed by atoms with Crippen molar-refractivity contribution in [1.29, 1.82) is 0 Å². The lowest BCUT2D eigenvalue weighted by molar-refractivity contribution is -0.145. The number of aliphatic hydroxyl groups is 1. The summed E-state index contributed by atoms with van der Waals surface area (Å²) in [6, 6.07) is -4.43. The van der Waals surface area contributed by atoms with Crippen LogP contribution < -0.4 is 27.4 Å². The molecule has 12 heteroatoms. The van der Waals surface area contributed by atoms with Gasteiger partial charge in [0.25, 0.3) is 0 Å². The van der Waals surface area contributed by atoms with Crippen molar-refractivity contribution in [2.45, 2.75) is 76.7 Å². The molecular formula is C19H37N5O6S. The summed E-state index contributed by atoms with van der Waals surface area (Å²) < 4.78 is 0. The number of carbonyl (C=O) groups excluding carboxylic acids is 3. The van der Waals surface area contributed by atoms with Gasteiger partial charge in [0.15, 0.2) is 6.04 Å². The highest BCUT2D eigenvalue weighted by molar-refractivity contribution is 7.80. The summed E-state index contributed by atoms with van der Waals surface area (Å²) in [5.74, 6) is -3.53. The Morgan fingerprint density at radius 2 is 1.55 bits per heavy atom. The van der Waals surface area contributed by atoms with E-state index in [0.29, 0.717) is 25.8 Å². The minimum absolute atomic E-state index is 0.0940. The third kappa shape index (κ3) is 10.3. The number of carboxylic acids is 1. The van der Waals surface area contributed by atoms with Crippen LogP contribution in [0.3, 0.4) is 0 Å². The summed E-state index contributed by atoms with van der Waals surface area (Å²) in [7, 11) is 0. The molecule has 0 saturated carbocycles. The second kappa shape index (κ2) is 15.0. The van der Waals surface area contributed by atoms with E-state index in [4.69, 9.17) is 11.5 Å². The normalized spacial score (nSPS) is 16.9. The predicted molar refractivity (Wildman–Crippen MR) is 119 cm³/mol. The molecule has 31 heavy (non-hydrogen) atoms. The third-order valence-corrected chi connectivity index (χ3v) is 5.35. The van der Waals surface area contributed by atoms with Crippen molar-refractivity contribution in [3.63, 3.8) is 0 Å². The average Bonchev–Trinajstić information content (AvgIpc) is 2.72. The lowest BCUT2D eigenvalue weighted by atomic mass is 9.96. The lowest BCUT2D eigenvalue weighted by Gasteiger charge is -2.28. The van der Waals surface area contributed by atoms with Gasteiger partial charge in [-0.05, 0) is 38.6 Å². The number of nitrogens with one attached hydrogen (secondary N) is 3.